The van der Waals surface area contributed by atoms with Crippen LogP contribution in [0.15, 0.2) is 71.3 Å². The van der Waals surface area contributed by atoms with Gasteiger partial charge in [-0.3, -0.25) is 0 Å². The van der Waals surface area contributed by atoms with Gasteiger partial charge in [0.1, 0.15) is 12.4 Å². The molecule has 1 heterocycles. The average Bonchev–Trinajstić information content (AvgIpc) is 3.24. The molecular formula is C26H27N3O2. The van der Waals surface area contributed by atoms with E-state index < -0.39 is 0 Å². The topological polar surface area (TPSA) is 74.2 Å². The third-order valence-electron chi connectivity index (χ3n) is 5.34. The fraction of sp³-hybridized carbons (Fsp3) is 0.231. The third kappa shape index (κ3) is 4.61. The zero-order valence-corrected chi connectivity index (χ0v) is 18.3. The largest absolute Gasteiger partial charge is 0.489 e. The van der Waals surface area contributed by atoms with Crippen molar-refractivity contribution < 1.29 is 9.26 Å². The quantitative estimate of drug-likeness (QED) is 0.396. The Labute approximate surface area is 182 Å². The van der Waals surface area contributed by atoms with Crippen molar-refractivity contribution in [1.29, 1.82) is 0 Å². The fourth-order valence-corrected chi connectivity index (χ4v) is 3.36. The van der Waals surface area contributed by atoms with E-state index in [2.05, 4.69) is 43.0 Å². The van der Waals surface area contributed by atoms with Gasteiger partial charge < -0.3 is 15.0 Å². The molecule has 0 unspecified atom stereocenters. The zero-order chi connectivity index (χ0) is 22.0. The number of ether oxygens (including phenoxy) is 1. The van der Waals surface area contributed by atoms with Gasteiger partial charge in [0.2, 0.25) is 5.82 Å². The highest BCUT2D eigenvalue weighted by Gasteiger charge is 2.15. The molecule has 158 valence electrons. The summed E-state index contributed by atoms with van der Waals surface area (Å²) in [7, 11) is 0. The van der Waals surface area contributed by atoms with Crippen LogP contribution in [0.5, 0.6) is 5.75 Å². The predicted molar refractivity (Wildman–Crippen MR) is 124 cm³/mol. The highest BCUT2D eigenvalue weighted by Crippen LogP contribution is 2.28. The predicted octanol–water partition coefficient (Wildman–Crippen LogP) is 6.17. The lowest BCUT2D eigenvalue weighted by Crippen LogP contribution is -2.10. The van der Waals surface area contributed by atoms with Crippen LogP contribution in [0.3, 0.4) is 0 Å². The summed E-state index contributed by atoms with van der Waals surface area (Å²) in [5.41, 5.74) is 11.8. The second kappa shape index (κ2) is 8.26. The molecule has 2 N–H and O–H groups in total. The first-order chi connectivity index (χ1) is 14.8. The first-order valence-electron chi connectivity index (χ1n) is 10.3. The summed E-state index contributed by atoms with van der Waals surface area (Å²) in [4.78, 5) is 4.57. The first-order valence-corrected chi connectivity index (χ1v) is 10.3. The van der Waals surface area contributed by atoms with E-state index in [0.29, 0.717) is 24.0 Å². The maximum Gasteiger partial charge on any atom is 0.258 e. The number of aromatic nitrogens is 2. The number of rotatable bonds is 5. The van der Waals surface area contributed by atoms with Crippen LogP contribution in [0.25, 0.3) is 22.8 Å². The molecule has 4 aromatic rings. The number of hydrogen-bond acceptors (Lipinski definition) is 5. The minimum absolute atomic E-state index is 0.125. The number of hydrogen-bond donors (Lipinski definition) is 1. The number of nitrogen functional groups attached to an aromatic ring is 1. The molecule has 0 aliphatic heterocycles. The van der Waals surface area contributed by atoms with Gasteiger partial charge in [-0.15, -0.1) is 0 Å². The Morgan fingerprint density at radius 1 is 0.968 bits per heavy atom. The lowest BCUT2D eigenvalue weighted by molar-refractivity contribution is 0.306. The molecule has 0 atom stereocenters. The van der Waals surface area contributed by atoms with Crippen LogP contribution in [-0.2, 0) is 12.0 Å². The van der Waals surface area contributed by atoms with Crippen molar-refractivity contribution in [1.82, 2.24) is 10.1 Å². The van der Waals surface area contributed by atoms with Crippen molar-refractivity contribution in [2.45, 2.75) is 39.7 Å². The SMILES string of the molecule is Cc1c(N)cccc1-c1noc(-c2cccc(COc3ccc(C(C)(C)C)cc3)c2)n1. The van der Waals surface area contributed by atoms with Gasteiger partial charge in [0.25, 0.3) is 5.89 Å². The molecule has 0 fully saturated rings. The van der Waals surface area contributed by atoms with E-state index in [1.165, 1.54) is 5.56 Å². The minimum Gasteiger partial charge on any atom is -0.489 e. The molecule has 0 aliphatic rings. The van der Waals surface area contributed by atoms with Crippen LogP contribution < -0.4 is 10.5 Å². The molecule has 3 aromatic carbocycles. The van der Waals surface area contributed by atoms with E-state index in [0.717, 1.165) is 28.0 Å². The maximum absolute atomic E-state index is 6.01. The van der Waals surface area contributed by atoms with E-state index in [1.54, 1.807) is 0 Å². The van der Waals surface area contributed by atoms with Crippen molar-refractivity contribution in [2.75, 3.05) is 5.73 Å². The smallest absolute Gasteiger partial charge is 0.258 e. The van der Waals surface area contributed by atoms with Gasteiger partial charge in [-0.25, -0.2) is 0 Å². The molecule has 5 heteroatoms. The summed E-state index contributed by atoms with van der Waals surface area (Å²) in [6, 6.07) is 21.9. The van der Waals surface area contributed by atoms with Crippen LogP contribution >= 0.6 is 0 Å². The number of benzene rings is 3. The summed E-state index contributed by atoms with van der Waals surface area (Å²) in [5, 5.41) is 4.14. The van der Waals surface area contributed by atoms with Crippen molar-refractivity contribution in [2.24, 2.45) is 0 Å². The van der Waals surface area contributed by atoms with E-state index in [1.807, 2.05) is 61.5 Å². The van der Waals surface area contributed by atoms with Crippen LogP contribution in [-0.4, -0.2) is 10.1 Å². The molecule has 0 radical (unpaired) electrons. The minimum atomic E-state index is 0.125. The molecule has 0 saturated heterocycles. The van der Waals surface area contributed by atoms with Crippen LogP contribution in [0, 0.1) is 6.92 Å². The summed E-state index contributed by atoms with van der Waals surface area (Å²) in [6.07, 6.45) is 0. The van der Waals surface area contributed by atoms with Gasteiger partial charge in [-0.2, -0.15) is 4.98 Å². The summed E-state index contributed by atoms with van der Waals surface area (Å²) < 4.78 is 11.5. The van der Waals surface area contributed by atoms with Gasteiger partial charge >= 0.3 is 0 Å². The van der Waals surface area contributed by atoms with Crippen molar-refractivity contribution in [3.05, 3.63) is 83.4 Å². The molecule has 0 saturated carbocycles. The van der Waals surface area contributed by atoms with Gasteiger partial charge in [-0.05, 0) is 59.4 Å². The molecule has 0 amide bonds. The Balaban J connectivity index is 1.49. The molecule has 5 nitrogen and oxygen atoms in total. The standard InChI is InChI=1S/C26H27N3O2/c1-17-22(9-6-10-23(17)27)24-28-25(31-29-24)19-8-5-7-18(15-19)16-30-21-13-11-20(12-14-21)26(2,3)4/h5-15H,16,27H2,1-4H3. The number of anilines is 1. The van der Waals surface area contributed by atoms with E-state index in [4.69, 9.17) is 15.0 Å². The second-order valence-electron chi connectivity index (χ2n) is 8.71. The van der Waals surface area contributed by atoms with E-state index in [-0.39, 0.29) is 5.41 Å². The van der Waals surface area contributed by atoms with E-state index >= 15 is 0 Å². The highest BCUT2D eigenvalue weighted by molar-refractivity contribution is 5.69. The molecule has 31 heavy (non-hydrogen) atoms. The summed E-state index contributed by atoms with van der Waals surface area (Å²) in [5.74, 6) is 1.84. The van der Waals surface area contributed by atoms with Gasteiger partial charge in [0.15, 0.2) is 0 Å². The van der Waals surface area contributed by atoms with Gasteiger partial charge in [0, 0.05) is 16.8 Å². The fourth-order valence-electron chi connectivity index (χ4n) is 3.36. The lowest BCUT2D eigenvalue weighted by Gasteiger charge is -2.19. The lowest BCUT2D eigenvalue weighted by atomic mass is 9.87. The Kier molecular flexibility index (Phi) is 5.51. The van der Waals surface area contributed by atoms with Crippen LogP contribution in [0.4, 0.5) is 5.69 Å². The van der Waals surface area contributed by atoms with Crippen molar-refractivity contribution in [3.63, 3.8) is 0 Å². The zero-order valence-electron chi connectivity index (χ0n) is 18.3. The Bertz CT molecular complexity index is 1190. The summed E-state index contributed by atoms with van der Waals surface area (Å²) >= 11 is 0. The van der Waals surface area contributed by atoms with E-state index in [9.17, 15) is 0 Å². The Morgan fingerprint density at radius 2 is 1.71 bits per heavy atom. The molecular weight excluding hydrogens is 386 g/mol. The Morgan fingerprint density at radius 3 is 2.45 bits per heavy atom. The van der Waals surface area contributed by atoms with Gasteiger partial charge in [0.05, 0.1) is 0 Å². The molecule has 0 aliphatic carbocycles. The number of nitrogens with two attached hydrogens (primary N) is 1. The Hall–Kier alpha value is -3.60. The monoisotopic (exact) mass is 413 g/mol. The van der Waals surface area contributed by atoms with Crippen LogP contribution in [0.2, 0.25) is 0 Å². The van der Waals surface area contributed by atoms with Crippen molar-refractivity contribution >= 4 is 5.69 Å². The average molecular weight is 414 g/mol. The second-order valence-corrected chi connectivity index (χ2v) is 8.71. The molecule has 4 rings (SSSR count). The first kappa shape index (κ1) is 20.7. The van der Waals surface area contributed by atoms with Gasteiger partial charge in [-0.1, -0.05) is 62.3 Å². The third-order valence-corrected chi connectivity index (χ3v) is 5.34. The maximum atomic E-state index is 6.01. The number of nitrogens with zero attached hydrogens (tertiary/aromatic N) is 2. The molecule has 0 bridgehead atoms. The molecule has 0 spiro atoms. The normalized spacial score (nSPS) is 11.5. The van der Waals surface area contributed by atoms with Crippen LogP contribution in [0.1, 0.15) is 37.5 Å². The molecule has 1 aromatic heterocycles. The summed E-state index contributed by atoms with van der Waals surface area (Å²) in [6.45, 7) is 9.01. The highest BCUT2D eigenvalue weighted by atomic mass is 16.5. The van der Waals surface area contributed by atoms with Crippen molar-refractivity contribution in [3.8, 4) is 28.6 Å².